The number of para-hydroxylation sites is 2. The Kier molecular flexibility index (Phi) is 8.00. The molecular weight excluding hydrogens is 574 g/mol. The Hall–Kier alpha value is -2.98. The molecule has 16 heteroatoms. The lowest BCUT2D eigenvalue weighted by Crippen LogP contribution is -2.71. The van der Waals surface area contributed by atoms with Crippen LogP contribution in [0.1, 0.15) is 38.1 Å². The molecule has 0 spiro atoms. The van der Waals surface area contributed by atoms with Crippen LogP contribution in [0.15, 0.2) is 60.7 Å². The number of sulfonamides is 2. The molecule has 0 atom stereocenters. The smallest absolute Gasteiger partial charge is 0.201 e. The lowest BCUT2D eigenvalue weighted by atomic mass is 10.1. The predicted octanol–water partition coefficient (Wildman–Crippen LogP) is 4.13. The van der Waals surface area contributed by atoms with Gasteiger partial charge < -0.3 is 0 Å². The molecule has 0 unspecified atom stereocenters. The molecule has 3 aromatic rings. The zero-order valence-electron chi connectivity index (χ0n) is 21.2. The van der Waals surface area contributed by atoms with E-state index in [1.165, 1.54) is 47.5 Å². The monoisotopic (exact) mass is 600 g/mol. The minimum atomic E-state index is -7.13. The van der Waals surface area contributed by atoms with Crippen LogP contribution in [0.25, 0.3) is 11.4 Å². The van der Waals surface area contributed by atoms with Gasteiger partial charge in [-0.2, -0.15) is 26.3 Å². The Morgan fingerprint density at radius 1 is 0.667 bits per heavy atom. The van der Waals surface area contributed by atoms with E-state index in [1.54, 1.807) is 36.4 Å². The lowest BCUT2D eigenvalue weighted by Gasteiger charge is -2.36. The van der Waals surface area contributed by atoms with Crippen LogP contribution in [-0.4, -0.2) is 36.4 Å². The fraction of sp³-hybridized carbons (Fsp3) is 0.391. The molecule has 1 aromatic heterocycles. The number of halogens is 6. The van der Waals surface area contributed by atoms with Crippen LogP contribution >= 0.6 is 0 Å². The summed E-state index contributed by atoms with van der Waals surface area (Å²) in [5.41, 5.74) is -14.7. The van der Waals surface area contributed by atoms with Crippen LogP contribution in [0.5, 0.6) is 0 Å². The summed E-state index contributed by atoms with van der Waals surface area (Å²) in [6.45, 7) is 5.28. The Morgan fingerprint density at radius 2 is 0.974 bits per heavy atom. The molecule has 0 aliphatic carbocycles. The normalized spacial score (nSPS) is 13.7. The number of hydrogen-bond donors (Lipinski definition) is 0. The summed E-state index contributed by atoms with van der Waals surface area (Å²) in [5.74, 6) is 0. The first-order valence-corrected chi connectivity index (χ1v) is 14.4. The van der Waals surface area contributed by atoms with Gasteiger partial charge in [0.2, 0.25) is 17.0 Å². The van der Waals surface area contributed by atoms with Crippen molar-refractivity contribution in [1.29, 1.82) is 0 Å². The Bertz CT molecular complexity index is 1440. The van der Waals surface area contributed by atoms with Gasteiger partial charge in [-0.25, -0.2) is 16.8 Å². The topological polar surface area (TPSA) is 84.2 Å². The van der Waals surface area contributed by atoms with E-state index in [2.05, 4.69) is 0 Å². The van der Waals surface area contributed by atoms with E-state index < -0.39 is 53.3 Å². The molecule has 214 valence electrons. The van der Waals surface area contributed by atoms with Crippen LogP contribution in [-0.2, 0) is 25.7 Å². The zero-order valence-corrected chi connectivity index (χ0v) is 22.8. The zero-order chi connectivity index (χ0) is 29.6. The van der Waals surface area contributed by atoms with Crippen LogP contribution in [0.4, 0.5) is 26.3 Å². The Balaban J connectivity index is 2.69. The maximum Gasteiger partial charge on any atom is 0.512 e. The molecule has 0 fully saturated rings. The van der Waals surface area contributed by atoms with Crippen molar-refractivity contribution in [3.8, 4) is 11.4 Å². The van der Waals surface area contributed by atoms with Gasteiger partial charge in [0.25, 0.3) is 11.4 Å². The second-order valence-electron chi connectivity index (χ2n) is 8.54. The van der Waals surface area contributed by atoms with Crippen LogP contribution in [0.3, 0.4) is 0 Å². The average Bonchev–Trinajstić information content (AvgIpc) is 3.12. The molecular formula is C23H26F6N4O4S2+2. The Labute approximate surface area is 221 Å². The first-order chi connectivity index (χ1) is 17.9. The summed E-state index contributed by atoms with van der Waals surface area (Å²) < 4.78 is 136. The second kappa shape index (κ2) is 10.2. The highest BCUT2D eigenvalue weighted by molar-refractivity contribution is 8.04. The van der Waals surface area contributed by atoms with E-state index in [0.29, 0.717) is 11.4 Å². The second-order valence-corrected chi connectivity index (χ2v) is 12.3. The van der Waals surface area contributed by atoms with Crippen molar-refractivity contribution in [2.45, 2.75) is 57.2 Å². The standard InChI is InChI=1S/C23H26F6N4O4S2/c1-5-21(6-2,33(38(34,35)22(24,25)26)39(36,37)23(27,28)29)32-30(19-13-9-7-10-14-19)17(3)18(4)31(32)20-15-11-8-12-16-20/h7-16H,5-6H2,1-4H3/q+2. The number of benzene rings is 2. The van der Waals surface area contributed by atoms with E-state index in [0.717, 1.165) is 18.6 Å². The maximum atomic E-state index is 14.0. The van der Waals surface area contributed by atoms with Gasteiger partial charge in [0.1, 0.15) is 0 Å². The van der Waals surface area contributed by atoms with Gasteiger partial charge in [-0.15, -0.1) is 0 Å². The van der Waals surface area contributed by atoms with E-state index in [4.69, 9.17) is 0 Å². The lowest BCUT2D eigenvalue weighted by molar-refractivity contribution is -0.864. The number of hydrogen-bond acceptors (Lipinski definition) is 4. The predicted molar refractivity (Wildman–Crippen MR) is 127 cm³/mol. The van der Waals surface area contributed by atoms with Gasteiger partial charge in [0.05, 0.1) is 4.80 Å². The van der Waals surface area contributed by atoms with E-state index >= 15 is 0 Å². The number of aromatic nitrogens is 3. The summed E-state index contributed by atoms with van der Waals surface area (Å²) in [7, 11) is -14.3. The number of nitrogens with zero attached hydrogens (tertiary/aromatic N) is 4. The first-order valence-electron chi connectivity index (χ1n) is 11.5. The average molecular weight is 601 g/mol. The van der Waals surface area contributed by atoms with Crippen molar-refractivity contribution in [3.05, 3.63) is 72.1 Å². The molecule has 0 N–H and O–H groups in total. The largest absolute Gasteiger partial charge is 0.512 e. The number of rotatable bonds is 8. The molecule has 0 radical (unpaired) electrons. The third-order valence-corrected chi connectivity index (χ3v) is 10.3. The number of alkyl halides is 6. The van der Waals surface area contributed by atoms with Crippen molar-refractivity contribution in [3.63, 3.8) is 0 Å². The van der Waals surface area contributed by atoms with Gasteiger partial charge in [-0.1, -0.05) is 50.2 Å². The van der Waals surface area contributed by atoms with Gasteiger partial charge in [0.15, 0.2) is 0 Å². The van der Waals surface area contributed by atoms with Crippen LogP contribution in [0.2, 0.25) is 0 Å². The van der Waals surface area contributed by atoms with E-state index in [-0.39, 0.29) is 11.4 Å². The minimum Gasteiger partial charge on any atom is -0.201 e. The van der Waals surface area contributed by atoms with Crippen LogP contribution < -0.4 is 9.36 Å². The molecule has 39 heavy (non-hydrogen) atoms. The summed E-state index contributed by atoms with van der Waals surface area (Å²) in [6, 6.07) is 15.4. The van der Waals surface area contributed by atoms with E-state index in [1.807, 2.05) is 0 Å². The molecule has 8 nitrogen and oxygen atoms in total. The van der Waals surface area contributed by atoms with Crippen LogP contribution in [0, 0.1) is 13.8 Å². The summed E-state index contributed by atoms with van der Waals surface area (Å²) in [5, 5.41) is 0. The van der Waals surface area contributed by atoms with Gasteiger partial charge in [-0.3, -0.25) is 0 Å². The van der Waals surface area contributed by atoms with Crippen molar-refractivity contribution in [2.75, 3.05) is 0 Å². The van der Waals surface area contributed by atoms with Gasteiger partial charge in [0, 0.05) is 38.1 Å². The fourth-order valence-corrected chi connectivity index (χ4v) is 7.90. The molecule has 0 saturated carbocycles. The van der Waals surface area contributed by atoms with Crippen molar-refractivity contribution >= 4 is 20.0 Å². The van der Waals surface area contributed by atoms with Crippen molar-refractivity contribution < 1.29 is 52.5 Å². The summed E-state index contributed by atoms with van der Waals surface area (Å²) in [4.78, 5) is 0.842. The van der Waals surface area contributed by atoms with Crippen molar-refractivity contribution in [1.82, 2.24) is 8.51 Å². The summed E-state index contributed by atoms with van der Waals surface area (Å²) >= 11 is 0. The molecule has 0 bridgehead atoms. The highest BCUT2D eigenvalue weighted by Gasteiger charge is 2.71. The molecule has 0 amide bonds. The fourth-order valence-electron chi connectivity index (χ4n) is 4.43. The maximum absolute atomic E-state index is 14.0. The quantitative estimate of drug-likeness (QED) is 0.288. The van der Waals surface area contributed by atoms with Gasteiger partial charge in [-0.05, 0) is 25.9 Å². The molecule has 0 saturated heterocycles. The Morgan fingerprint density at radius 3 is 1.23 bits per heavy atom. The minimum absolute atomic E-state index is 0.229. The van der Waals surface area contributed by atoms with E-state index in [9.17, 15) is 43.2 Å². The first kappa shape index (κ1) is 30.6. The third kappa shape index (κ3) is 4.82. The highest BCUT2D eigenvalue weighted by Crippen LogP contribution is 2.44. The highest BCUT2D eigenvalue weighted by atomic mass is 32.3. The SMILES string of the molecule is CCC(CC)(N(S(=O)(=O)C(F)(F)F)S(=O)(=O)C(F)(F)F)n1[n+](-c2ccccc2)c(C)c(C)[n+]1-c1ccccc1. The van der Waals surface area contributed by atoms with Gasteiger partial charge >= 0.3 is 31.1 Å². The third-order valence-electron chi connectivity index (χ3n) is 6.41. The van der Waals surface area contributed by atoms with Crippen molar-refractivity contribution in [2.24, 2.45) is 0 Å². The molecule has 3 rings (SSSR count). The molecule has 1 heterocycles. The molecule has 0 aliphatic heterocycles. The molecule has 0 aliphatic rings. The summed E-state index contributed by atoms with van der Waals surface area (Å²) in [6.07, 6.45) is -1.61. The molecule has 2 aromatic carbocycles.